The minimum atomic E-state index is -0.387. The van der Waals surface area contributed by atoms with Crippen LogP contribution >= 0.6 is 0 Å². The number of nitrogens with zero attached hydrogens (tertiary/aromatic N) is 5. The van der Waals surface area contributed by atoms with Gasteiger partial charge >= 0.3 is 0 Å². The molecule has 1 N–H and O–H groups in total. The summed E-state index contributed by atoms with van der Waals surface area (Å²) < 4.78 is 2.59. The quantitative estimate of drug-likeness (QED) is 0.688. The monoisotopic (exact) mass is 248 g/mol. The van der Waals surface area contributed by atoms with Crippen molar-refractivity contribution in [2.45, 2.75) is 6.54 Å². The highest BCUT2D eigenvalue weighted by atomic mass is 16.2. The molecular weight excluding hydrogens is 236 g/mol. The lowest BCUT2D eigenvalue weighted by molar-refractivity contribution is -0.121. The summed E-state index contributed by atoms with van der Waals surface area (Å²) in [5, 5.41) is 10.00. The summed E-state index contributed by atoms with van der Waals surface area (Å²) in [5.41, 5.74) is 0.154. The molecule has 0 atom stereocenters. The summed E-state index contributed by atoms with van der Waals surface area (Å²) in [6, 6.07) is 0. The van der Waals surface area contributed by atoms with E-state index in [4.69, 9.17) is 0 Å². The molecule has 8 heteroatoms. The number of carbonyl (C=O) groups excluding carboxylic acids is 1. The Morgan fingerprint density at radius 1 is 1.61 bits per heavy atom. The third kappa shape index (κ3) is 2.12. The first-order valence-electron chi connectivity index (χ1n) is 5.26. The number of hydrogen-bond donors (Lipinski definition) is 1. The summed E-state index contributed by atoms with van der Waals surface area (Å²) in [4.78, 5) is 27.5. The highest BCUT2D eigenvalue weighted by molar-refractivity contribution is 5.76. The molecule has 2 heterocycles. The fourth-order valence-corrected chi connectivity index (χ4v) is 1.46. The van der Waals surface area contributed by atoms with Crippen LogP contribution in [0.15, 0.2) is 23.8 Å². The van der Waals surface area contributed by atoms with Gasteiger partial charge in [-0.2, -0.15) is 0 Å². The molecule has 0 fully saturated rings. The maximum atomic E-state index is 12.0. The lowest BCUT2D eigenvalue weighted by atomic mass is 10.5. The van der Waals surface area contributed by atoms with Gasteiger partial charge in [0.15, 0.2) is 11.2 Å². The van der Waals surface area contributed by atoms with E-state index in [1.165, 1.54) is 15.6 Å². The van der Waals surface area contributed by atoms with E-state index in [1.807, 2.05) is 0 Å². The molecule has 0 aliphatic carbocycles. The minimum absolute atomic E-state index is 0.105. The van der Waals surface area contributed by atoms with E-state index in [0.717, 1.165) is 0 Å². The standard InChI is InChI=1S/C10H12N6O2/c1-3-4-11-7(17)5-16-6-12-9-8(10(16)18)13-14-15(9)2/h3,6H,1,4-5H2,2H3,(H,11,17). The zero-order valence-corrected chi connectivity index (χ0v) is 9.83. The summed E-state index contributed by atoms with van der Waals surface area (Å²) in [6.45, 7) is 3.73. The first-order valence-corrected chi connectivity index (χ1v) is 5.26. The van der Waals surface area contributed by atoms with Gasteiger partial charge in [-0.1, -0.05) is 11.3 Å². The van der Waals surface area contributed by atoms with E-state index in [-0.39, 0.29) is 23.5 Å². The van der Waals surface area contributed by atoms with Crippen LogP contribution in [0.25, 0.3) is 11.2 Å². The molecule has 0 aliphatic heterocycles. The zero-order valence-electron chi connectivity index (χ0n) is 9.83. The van der Waals surface area contributed by atoms with Crippen LogP contribution in [-0.2, 0) is 18.4 Å². The molecule has 94 valence electrons. The predicted octanol–water partition coefficient (Wildman–Crippen LogP) is -1.17. The van der Waals surface area contributed by atoms with Crippen molar-refractivity contribution in [3.05, 3.63) is 29.3 Å². The van der Waals surface area contributed by atoms with Crippen molar-refractivity contribution in [3.8, 4) is 0 Å². The Morgan fingerprint density at radius 2 is 2.39 bits per heavy atom. The number of fused-ring (bicyclic) bond motifs is 1. The lowest BCUT2D eigenvalue weighted by Gasteiger charge is -2.04. The van der Waals surface area contributed by atoms with Gasteiger partial charge in [0, 0.05) is 13.6 Å². The van der Waals surface area contributed by atoms with Crippen LogP contribution in [0.1, 0.15) is 0 Å². The Balaban J connectivity index is 2.29. The first kappa shape index (κ1) is 12.0. The third-order valence-corrected chi connectivity index (χ3v) is 2.34. The van der Waals surface area contributed by atoms with E-state index in [2.05, 4.69) is 27.2 Å². The molecule has 8 nitrogen and oxygen atoms in total. The SMILES string of the molecule is C=CCNC(=O)Cn1cnc2c(nnn2C)c1=O. The van der Waals surface area contributed by atoms with Gasteiger partial charge in [0.2, 0.25) is 5.91 Å². The second kappa shape index (κ2) is 4.78. The van der Waals surface area contributed by atoms with Crippen LogP contribution in [0.4, 0.5) is 0 Å². The molecule has 0 spiro atoms. The Bertz CT molecular complexity index is 656. The first-order chi connectivity index (χ1) is 8.63. The normalized spacial score (nSPS) is 10.5. The molecule has 0 radical (unpaired) electrons. The topological polar surface area (TPSA) is 94.7 Å². The molecule has 0 saturated carbocycles. The molecule has 18 heavy (non-hydrogen) atoms. The second-order valence-electron chi connectivity index (χ2n) is 3.66. The summed E-state index contributed by atoms with van der Waals surface area (Å²) >= 11 is 0. The number of carbonyl (C=O) groups is 1. The molecule has 0 saturated heterocycles. The highest BCUT2D eigenvalue weighted by Crippen LogP contribution is 1.99. The average Bonchev–Trinajstić information content (AvgIpc) is 2.73. The largest absolute Gasteiger partial charge is 0.351 e. The highest BCUT2D eigenvalue weighted by Gasteiger charge is 2.11. The van der Waals surface area contributed by atoms with Crippen LogP contribution in [-0.4, -0.2) is 37.0 Å². The predicted molar refractivity (Wildman–Crippen MR) is 63.8 cm³/mol. The molecular formula is C10H12N6O2. The number of rotatable bonds is 4. The van der Waals surface area contributed by atoms with Gasteiger partial charge in [0.25, 0.3) is 5.56 Å². The molecule has 2 aromatic heterocycles. The van der Waals surface area contributed by atoms with Gasteiger partial charge in [0.05, 0.1) is 0 Å². The van der Waals surface area contributed by atoms with Crippen molar-refractivity contribution in [3.63, 3.8) is 0 Å². The maximum absolute atomic E-state index is 12.0. The van der Waals surface area contributed by atoms with E-state index in [1.54, 1.807) is 13.1 Å². The minimum Gasteiger partial charge on any atom is -0.351 e. The fourth-order valence-electron chi connectivity index (χ4n) is 1.46. The van der Waals surface area contributed by atoms with Crippen molar-refractivity contribution in [2.24, 2.45) is 7.05 Å². The molecule has 2 aromatic rings. The van der Waals surface area contributed by atoms with Crippen molar-refractivity contribution < 1.29 is 4.79 Å². The summed E-state index contributed by atoms with van der Waals surface area (Å²) in [6.07, 6.45) is 2.87. The van der Waals surface area contributed by atoms with Crippen LogP contribution in [0.5, 0.6) is 0 Å². The van der Waals surface area contributed by atoms with Crippen molar-refractivity contribution in [1.82, 2.24) is 29.9 Å². The van der Waals surface area contributed by atoms with Crippen LogP contribution in [0, 0.1) is 0 Å². The summed E-state index contributed by atoms with van der Waals surface area (Å²) in [5.74, 6) is -0.290. The Labute approximate surface area is 102 Å². The van der Waals surface area contributed by atoms with E-state index in [0.29, 0.717) is 12.2 Å². The second-order valence-corrected chi connectivity index (χ2v) is 3.66. The van der Waals surface area contributed by atoms with Crippen molar-refractivity contribution >= 4 is 17.1 Å². The Hall–Kier alpha value is -2.51. The number of hydrogen-bond acceptors (Lipinski definition) is 5. The smallest absolute Gasteiger partial charge is 0.283 e. The number of aromatic nitrogens is 5. The zero-order chi connectivity index (χ0) is 13.1. The van der Waals surface area contributed by atoms with Gasteiger partial charge in [-0.3, -0.25) is 14.2 Å². The fraction of sp³-hybridized carbons (Fsp3) is 0.300. The van der Waals surface area contributed by atoms with Gasteiger partial charge in [-0.25, -0.2) is 9.67 Å². The van der Waals surface area contributed by atoms with Gasteiger partial charge < -0.3 is 5.32 Å². The lowest BCUT2D eigenvalue weighted by Crippen LogP contribution is -2.32. The van der Waals surface area contributed by atoms with E-state index >= 15 is 0 Å². The van der Waals surface area contributed by atoms with Gasteiger partial charge in [0.1, 0.15) is 12.9 Å². The Kier molecular flexibility index (Phi) is 3.18. The van der Waals surface area contributed by atoms with Crippen LogP contribution < -0.4 is 10.9 Å². The van der Waals surface area contributed by atoms with Crippen LogP contribution in [0.3, 0.4) is 0 Å². The maximum Gasteiger partial charge on any atom is 0.283 e. The summed E-state index contributed by atoms with van der Waals surface area (Å²) in [7, 11) is 1.64. The van der Waals surface area contributed by atoms with E-state index < -0.39 is 0 Å². The van der Waals surface area contributed by atoms with Crippen LogP contribution in [0.2, 0.25) is 0 Å². The number of nitrogens with one attached hydrogen (secondary N) is 1. The van der Waals surface area contributed by atoms with E-state index in [9.17, 15) is 9.59 Å². The van der Waals surface area contributed by atoms with Crippen molar-refractivity contribution in [1.29, 1.82) is 0 Å². The molecule has 0 aromatic carbocycles. The van der Waals surface area contributed by atoms with Gasteiger partial charge in [-0.15, -0.1) is 11.7 Å². The number of amides is 1. The Morgan fingerprint density at radius 3 is 3.11 bits per heavy atom. The molecule has 2 rings (SSSR count). The molecule has 0 aliphatic rings. The number of aryl methyl sites for hydroxylation is 1. The average molecular weight is 248 g/mol. The van der Waals surface area contributed by atoms with Gasteiger partial charge in [-0.05, 0) is 0 Å². The molecule has 0 unspecified atom stereocenters. The third-order valence-electron chi connectivity index (χ3n) is 2.34. The molecule has 1 amide bonds. The molecule has 0 bridgehead atoms. The van der Waals surface area contributed by atoms with Crippen molar-refractivity contribution in [2.75, 3.05) is 6.54 Å².